The van der Waals surface area contributed by atoms with E-state index in [2.05, 4.69) is 6.92 Å². The second-order valence-corrected chi connectivity index (χ2v) is 3.12. The smallest absolute Gasteiger partial charge is 0.123 e. The number of hydrogen-bond acceptors (Lipinski definition) is 0. The number of benzene rings is 1. The first-order valence-electron chi connectivity index (χ1n) is 3.89. The molecule has 1 saturated carbocycles. The molecule has 1 heteroatoms. The van der Waals surface area contributed by atoms with Gasteiger partial charge in [-0.3, -0.25) is 0 Å². The molecule has 0 bridgehead atoms. The van der Waals surface area contributed by atoms with Crippen molar-refractivity contribution in [1.82, 2.24) is 0 Å². The molecule has 1 radical (unpaired) electrons. The summed E-state index contributed by atoms with van der Waals surface area (Å²) >= 11 is 0. The van der Waals surface area contributed by atoms with E-state index in [1.807, 2.05) is 0 Å². The van der Waals surface area contributed by atoms with Gasteiger partial charge in [0, 0.05) is 0 Å². The lowest BCUT2D eigenvalue weighted by Crippen LogP contribution is -1.86. The van der Waals surface area contributed by atoms with Gasteiger partial charge in [0.2, 0.25) is 0 Å². The molecule has 0 unspecified atom stereocenters. The molecule has 0 amide bonds. The van der Waals surface area contributed by atoms with E-state index in [1.54, 1.807) is 12.1 Å². The Hall–Kier alpha value is -0.850. The summed E-state index contributed by atoms with van der Waals surface area (Å²) < 4.78 is 12.7. The normalized spacial score (nSPS) is 16.9. The van der Waals surface area contributed by atoms with Gasteiger partial charge in [0.1, 0.15) is 5.82 Å². The summed E-state index contributed by atoms with van der Waals surface area (Å²) in [7, 11) is 0. The van der Waals surface area contributed by atoms with E-state index in [0.29, 0.717) is 5.92 Å². The predicted molar refractivity (Wildman–Crippen MR) is 42.8 cm³/mol. The van der Waals surface area contributed by atoms with Gasteiger partial charge in [0.05, 0.1) is 0 Å². The van der Waals surface area contributed by atoms with E-state index in [-0.39, 0.29) is 5.82 Å². The van der Waals surface area contributed by atoms with Crippen LogP contribution in [0.1, 0.15) is 29.9 Å². The molecule has 1 aromatic carbocycles. The molecule has 0 aliphatic heterocycles. The first-order valence-corrected chi connectivity index (χ1v) is 3.89. The Labute approximate surface area is 66.1 Å². The molecule has 0 N–H and O–H groups in total. The minimum absolute atomic E-state index is 0.140. The zero-order chi connectivity index (χ0) is 7.84. The van der Waals surface area contributed by atoms with E-state index in [0.717, 1.165) is 11.1 Å². The maximum Gasteiger partial charge on any atom is 0.123 e. The van der Waals surface area contributed by atoms with Crippen LogP contribution in [0, 0.1) is 12.7 Å². The van der Waals surface area contributed by atoms with Crippen molar-refractivity contribution in [3.05, 3.63) is 42.1 Å². The van der Waals surface area contributed by atoms with Crippen molar-refractivity contribution in [2.45, 2.75) is 18.8 Å². The SMILES string of the molecule is [CH2]c1ccc(F)cc1C1CC1. The maximum atomic E-state index is 12.7. The second-order valence-electron chi connectivity index (χ2n) is 3.12. The Morgan fingerprint density at radius 3 is 2.73 bits per heavy atom. The number of rotatable bonds is 1. The fourth-order valence-electron chi connectivity index (χ4n) is 1.34. The van der Waals surface area contributed by atoms with Crippen molar-refractivity contribution in [1.29, 1.82) is 0 Å². The largest absolute Gasteiger partial charge is 0.207 e. The van der Waals surface area contributed by atoms with E-state index in [9.17, 15) is 4.39 Å². The third-order valence-corrected chi connectivity index (χ3v) is 2.13. The summed E-state index contributed by atoms with van der Waals surface area (Å²) in [5, 5.41) is 0. The van der Waals surface area contributed by atoms with Crippen LogP contribution in [0.5, 0.6) is 0 Å². The quantitative estimate of drug-likeness (QED) is 0.576. The fourth-order valence-corrected chi connectivity index (χ4v) is 1.34. The molecule has 0 aromatic heterocycles. The topological polar surface area (TPSA) is 0 Å². The molecule has 2 rings (SSSR count). The third-order valence-electron chi connectivity index (χ3n) is 2.13. The van der Waals surface area contributed by atoms with Crippen molar-refractivity contribution in [2.75, 3.05) is 0 Å². The molecular formula is C10H10F. The third kappa shape index (κ3) is 1.28. The van der Waals surface area contributed by atoms with Gasteiger partial charge in [-0.1, -0.05) is 6.07 Å². The van der Waals surface area contributed by atoms with Gasteiger partial charge in [0.25, 0.3) is 0 Å². The molecule has 0 saturated heterocycles. The molecule has 0 atom stereocenters. The summed E-state index contributed by atoms with van der Waals surface area (Å²) in [6, 6.07) is 4.83. The Kier molecular flexibility index (Phi) is 1.45. The van der Waals surface area contributed by atoms with Gasteiger partial charge in [-0.2, -0.15) is 0 Å². The van der Waals surface area contributed by atoms with Crippen molar-refractivity contribution in [3.63, 3.8) is 0 Å². The van der Waals surface area contributed by atoms with Gasteiger partial charge >= 0.3 is 0 Å². The van der Waals surface area contributed by atoms with Crippen LogP contribution < -0.4 is 0 Å². The van der Waals surface area contributed by atoms with E-state index in [4.69, 9.17) is 0 Å². The predicted octanol–water partition coefficient (Wildman–Crippen LogP) is 2.89. The number of halogens is 1. The van der Waals surface area contributed by atoms with Gasteiger partial charge < -0.3 is 0 Å². The van der Waals surface area contributed by atoms with Crippen molar-refractivity contribution in [3.8, 4) is 0 Å². The Bertz CT molecular complexity index is 274. The van der Waals surface area contributed by atoms with E-state index < -0.39 is 0 Å². The molecule has 1 aliphatic carbocycles. The second kappa shape index (κ2) is 2.33. The molecule has 57 valence electrons. The molecule has 0 spiro atoms. The van der Waals surface area contributed by atoms with Crippen LogP contribution in [0.15, 0.2) is 18.2 Å². The minimum Gasteiger partial charge on any atom is -0.207 e. The number of hydrogen-bond donors (Lipinski definition) is 0. The Balaban J connectivity index is 2.42. The molecule has 1 aromatic rings. The lowest BCUT2D eigenvalue weighted by atomic mass is 10.0. The molecule has 0 heterocycles. The highest BCUT2D eigenvalue weighted by Gasteiger charge is 2.25. The van der Waals surface area contributed by atoms with Crippen LogP contribution in [0.3, 0.4) is 0 Å². The van der Waals surface area contributed by atoms with E-state index in [1.165, 1.54) is 18.9 Å². The van der Waals surface area contributed by atoms with Crippen LogP contribution in [0.25, 0.3) is 0 Å². The molecule has 0 nitrogen and oxygen atoms in total. The van der Waals surface area contributed by atoms with Crippen molar-refractivity contribution >= 4 is 0 Å². The summed E-state index contributed by atoms with van der Waals surface area (Å²) in [4.78, 5) is 0. The first-order chi connectivity index (χ1) is 5.27. The Morgan fingerprint density at radius 1 is 1.36 bits per heavy atom. The van der Waals surface area contributed by atoms with Gasteiger partial charge in [-0.15, -0.1) is 0 Å². The highest BCUT2D eigenvalue weighted by atomic mass is 19.1. The average molecular weight is 149 g/mol. The highest BCUT2D eigenvalue weighted by molar-refractivity contribution is 5.35. The molecule has 11 heavy (non-hydrogen) atoms. The van der Waals surface area contributed by atoms with Crippen molar-refractivity contribution < 1.29 is 4.39 Å². The minimum atomic E-state index is -0.140. The van der Waals surface area contributed by atoms with Gasteiger partial charge in [-0.05, 0) is 48.9 Å². The van der Waals surface area contributed by atoms with Crippen molar-refractivity contribution in [2.24, 2.45) is 0 Å². The zero-order valence-electron chi connectivity index (χ0n) is 6.31. The lowest BCUT2D eigenvalue weighted by Gasteiger charge is -2.02. The average Bonchev–Trinajstić information content (AvgIpc) is 2.76. The summed E-state index contributed by atoms with van der Waals surface area (Å²) in [5.41, 5.74) is 2.08. The standard InChI is InChI=1S/C10H10F/c1-7-2-5-9(11)6-10(7)8-3-4-8/h2,5-6,8H,1,3-4H2. The molecule has 1 aliphatic rings. The van der Waals surface area contributed by atoms with Crippen LogP contribution in [-0.4, -0.2) is 0 Å². The highest BCUT2D eigenvalue weighted by Crippen LogP contribution is 2.41. The monoisotopic (exact) mass is 149 g/mol. The summed E-state index contributed by atoms with van der Waals surface area (Å²) in [6.45, 7) is 3.86. The van der Waals surface area contributed by atoms with Gasteiger partial charge in [-0.25, -0.2) is 4.39 Å². The Morgan fingerprint density at radius 2 is 2.09 bits per heavy atom. The summed E-state index contributed by atoms with van der Waals surface area (Å²) in [6.07, 6.45) is 2.40. The summed E-state index contributed by atoms with van der Waals surface area (Å²) in [5.74, 6) is 0.456. The fraction of sp³-hybridized carbons (Fsp3) is 0.300. The lowest BCUT2D eigenvalue weighted by molar-refractivity contribution is 0.625. The first kappa shape index (κ1) is 6.84. The molecule has 1 fully saturated rings. The maximum absolute atomic E-state index is 12.7. The zero-order valence-corrected chi connectivity index (χ0v) is 6.31. The van der Waals surface area contributed by atoms with Crippen LogP contribution in [0.2, 0.25) is 0 Å². The van der Waals surface area contributed by atoms with Crippen LogP contribution in [-0.2, 0) is 0 Å². The van der Waals surface area contributed by atoms with Crippen LogP contribution in [0.4, 0.5) is 4.39 Å². The van der Waals surface area contributed by atoms with Gasteiger partial charge in [0.15, 0.2) is 0 Å². The van der Waals surface area contributed by atoms with Crippen LogP contribution >= 0.6 is 0 Å². The molecular weight excluding hydrogens is 139 g/mol. The van der Waals surface area contributed by atoms with E-state index >= 15 is 0 Å².